The van der Waals surface area contributed by atoms with E-state index in [1.165, 1.54) is 7.11 Å². The number of hydrogen-bond donors (Lipinski definition) is 2. The molecule has 2 aromatic carbocycles. The molecule has 0 saturated heterocycles. The van der Waals surface area contributed by atoms with E-state index in [9.17, 15) is 13.8 Å². The quantitative estimate of drug-likeness (QED) is 0.803. The first-order chi connectivity index (χ1) is 11.5. The standard InChI is InChI=1S/C17H17NO5S/c1-23-15-5-3-2-4-14(15)17(21)18-12-6-8-13(9-7-12)24(22)11-10-16(19)20/h2-9H,10-11H2,1H3,(H,18,21)(H,19,20). The molecule has 6 nitrogen and oxygen atoms in total. The van der Waals surface area contributed by atoms with Crippen LogP contribution in [0, 0.1) is 0 Å². The van der Waals surface area contributed by atoms with Crippen LogP contribution in [0.15, 0.2) is 53.4 Å². The summed E-state index contributed by atoms with van der Waals surface area (Å²) < 4.78 is 17.1. The molecular formula is C17H17NO5S. The topological polar surface area (TPSA) is 92.7 Å². The van der Waals surface area contributed by atoms with Gasteiger partial charge in [0.25, 0.3) is 5.91 Å². The van der Waals surface area contributed by atoms with Crippen molar-refractivity contribution in [3.8, 4) is 5.75 Å². The monoisotopic (exact) mass is 347 g/mol. The van der Waals surface area contributed by atoms with Gasteiger partial charge in [0, 0.05) is 16.3 Å². The molecule has 2 rings (SSSR count). The Hall–Kier alpha value is -2.67. The number of benzene rings is 2. The molecule has 2 aromatic rings. The van der Waals surface area contributed by atoms with Crippen molar-refractivity contribution in [3.05, 3.63) is 54.1 Å². The van der Waals surface area contributed by atoms with E-state index < -0.39 is 16.8 Å². The Kier molecular flexibility index (Phi) is 6.08. The van der Waals surface area contributed by atoms with Crippen LogP contribution in [0.3, 0.4) is 0 Å². The number of amides is 1. The average molecular weight is 347 g/mol. The Balaban J connectivity index is 2.04. The van der Waals surface area contributed by atoms with Crippen LogP contribution in [0.4, 0.5) is 5.69 Å². The number of anilines is 1. The average Bonchev–Trinajstić information content (AvgIpc) is 2.60. The van der Waals surface area contributed by atoms with Gasteiger partial charge in [-0.25, -0.2) is 0 Å². The van der Waals surface area contributed by atoms with Gasteiger partial charge < -0.3 is 15.2 Å². The van der Waals surface area contributed by atoms with E-state index in [4.69, 9.17) is 9.84 Å². The van der Waals surface area contributed by atoms with E-state index in [0.29, 0.717) is 21.9 Å². The van der Waals surface area contributed by atoms with Crippen molar-refractivity contribution < 1.29 is 23.6 Å². The maximum atomic E-state index is 12.3. The van der Waals surface area contributed by atoms with Gasteiger partial charge in [-0.15, -0.1) is 0 Å². The lowest BCUT2D eigenvalue weighted by Crippen LogP contribution is -2.13. The molecule has 1 unspecified atom stereocenters. The molecule has 7 heteroatoms. The first-order valence-electron chi connectivity index (χ1n) is 7.16. The highest BCUT2D eigenvalue weighted by Gasteiger charge is 2.12. The number of carbonyl (C=O) groups excluding carboxylic acids is 1. The zero-order chi connectivity index (χ0) is 17.5. The lowest BCUT2D eigenvalue weighted by molar-refractivity contribution is -0.136. The minimum atomic E-state index is -1.38. The zero-order valence-electron chi connectivity index (χ0n) is 13.0. The number of ether oxygens (including phenoxy) is 1. The summed E-state index contributed by atoms with van der Waals surface area (Å²) in [7, 11) is 0.114. The predicted molar refractivity (Wildman–Crippen MR) is 90.9 cm³/mol. The van der Waals surface area contributed by atoms with Gasteiger partial charge in [-0.1, -0.05) is 12.1 Å². The summed E-state index contributed by atoms with van der Waals surface area (Å²) in [5.41, 5.74) is 0.957. The van der Waals surface area contributed by atoms with Crippen molar-refractivity contribution in [1.82, 2.24) is 0 Å². The third kappa shape index (κ3) is 4.66. The number of para-hydroxylation sites is 1. The summed E-state index contributed by atoms with van der Waals surface area (Å²) >= 11 is 0. The molecule has 0 bridgehead atoms. The van der Waals surface area contributed by atoms with Crippen LogP contribution in [0.5, 0.6) is 5.75 Å². The van der Waals surface area contributed by atoms with Crippen LogP contribution in [0.2, 0.25) is 0 Å². The SMILES string of the molecule is COc1ccccc1C(=O)Nc1ccc(S(=O)CCC(=O)O)cc1. The minimum absolute atomic E-state index is 0.0578. The van der Waals surface area contributed by atoms with Gasteiger partial charge in [-0.2, -0.15) is 0 Å². The van der Waals surface area contributed by atoms with Crippen LogP contribution >= 0.6 is 0 Å². The smallest absolute Gasteiger partial charge is 0.304 e. The Morgan fingerprint density at radius 1 is 1.12 bits per heavy atom. The van der Waals surface area contributed by atoms with Crippen LogP contribution < -0.4 is 10.1 Å². The second kappa shape index (κ2) is 8.26. The maximum absolute atomic E-state index is 12.3. The molecule has 1 amide bonds. The molecule has 0 saturated carbocycles. The lowest BCUT2D eigenvalue weighted by atomic mass is 10.2. The van der Waals surface area contributed by atoms with E-state index in [1.807, 2.05) is 0 Å². The van der Waals surface area contributed by atoms with Gasteiger partial charge in [0.2, 0.25) is 0 Å². The summed E-state index contributed by atoms with van der Waals surface area (Å²) in [5.74, 6) is -0.764. The van der Waals surface area contributed by atoms with E-state index >= 15 is 0 Å². The van der Waals surface area contributed by atoms with E-state index in [-0.39, 0.29) is 18.1 Å². The molecule has 0 fully saturated rings. The number of methoxy groups -OCH3 is 1. The first kappa shape index (κ1) is 17.7. The number of carbonyl (C=O) groups is 2. The molecule has 0 heterocycles. The van der Waals surface area contributed by atoms with Crippen LogP contribution in [0.25, 0.3) is 0 Å². The van der Waals surface area contributed by atoms with Gasteiger partial charge in [0.15, 0.2) is 0 Å². The van der Waals surface area contributed by atoms with Crippen LogP contribution in [-0.4, -0.2) is 34.1 Å². The Morgan fingerprint density at radius 3 is 2.42 bits per heavy atom. The molecular weight excluding hydrogens is 330 g/mol. The first-order valence-corrected chi connectivity index (χ1v) is 8.47. The Labute approximate surface area is 141 Å². The van der Waals surface area contributed by atoms with E-state index in [2.05, 4.69) is 5.32 Å². The highest BCUT2D eigenvalue weighted by atomic mass is 32.2. The van der Waals surface area contributed by atoms with Gasteiger partial charge in [-0.05, 0) is 36.4 Å². The number of carboxylic acids is 1. The van der Waals surface area contributed by atoms with E-state index in [1.54, 1.807) is 48.5 Å². The van der Waals surface area contributed by atoms with E-state index in [0.717, 1.165) is 0 Å². The molecule has 2 N–H and O–H groups in total. The Morgan fingerprint density at radius 2 is 1.79 bits per heavy atom. The maximum Gasteiger partial charge on any atom is 0.304 e. The van der Waals surface area contributed by atoms with Crippen LogP contribution in [-0.2, 0) is 15.6 Å². The third-order valence-electron chi connectivity index (χ3n) is 3.23. The molecule has 0 aliphatic rings. The second-order valence-electron chi connectivity index (χ2n) is 4.87. The van der Waals surface area contributed by atoms with Crippen molar-refractivity contribution in [3.63, 3.8) is 0 Å². The van der Waals surface area contributed by atoms with Crippen molar-refractivity contribution >= 4 is 28.4 Å². The van der Waals surface area contributed by atoms with Gasteiger partial charge in [0.1, 0.15) is 5.75 Å². The van der Waals surface area contributed by atoms with Crippen molar-refractivity contribution in [2.45, 2.75) is 11.3 Å². The number of hydrogen-bond acceptors (Lipinski definition) is 4. The summed E-state index contributed by atoms with van der Waals surface area (Å²) in [4.78, 5) is 23.3. The zero-order valence-corrected chi connectivity index (χ0v) is 13.8. The number of nitrogens with one attached hydrogen (secondary N) is 1. The largest absolute Gasteiger partial charge is 0.496 e. The predicted octanol–water partition coefficient (Wildman–Crippen LogP) is 2.53. The fourth-order valence-electron chi connectivity index (χ4n) is 2.02. The molecule has 1 atom stereocenters. The van der Waals surface area contributed by atoms with Crippen molar-refractivity contribution in [2.75, 3.05) is 18.2 Å². The molecule has 0 aliphatic carbocycles. The molecule has 0 radical (unpaired) electrons. The summed E-state index contributed by atoms with van der Waals surface area (Å²) in [6.07, 6.45) is -0.154. The normalized spacial score (nSPS) is 11.5. The lowest BCUT2D eigenvalue weighted by Gasteiger charge is -2.09. The molecule has 24 heavy (non-hydrogen) atoms. The highest BCUT2D eigenvalue weighted by molar-refractivity contribution is 7.85. The summed E-state index contributed by atoms with van der Waals surface area (Å²) in [5, 5.41) is 11.3. The minimum Gasteiger partial charge on any atom is -0.496 e. The van der Waals surface area contributed by atoms with Gasteiger partial charge in [0.05, 0.1) is 29.9 Å². The third-order valence-corrected chi connectivity index (χ3v) is 4.60. The van der Waals surface area contributed by atoms with Gasteiger partial charge >= 0.3 is 5.97 Å². The summed E-state index contributed by atoms with van der Waals surface area (Å²) in [6, 6.07) is 13.3. The fraction of sp³-hybridized carbons (Fsp3) is 0.176. The van der Waals surface area contributed by atoms with Crippen molar-refractivity contribution in [1.29, 1.82) is 0 Å². The molecule has 126 valence electrons. The molecule has 0 spiro atoms. The molecule has 0 aromatic heterocycles. The fourth-order valence-corrected chi connectivity index (χ4v) is 3.05. The second-order valence-corrected chi connectivity index (χ2v) is 6.44. The highest BCUT2D eigenvalue weighted by Crippen LogP contribution is 2.20. The number of rotatable bonds is 7. The summed E-state index contributed by atoms with van der Waals surface area (Å²) in [6.45, 7) is 0. The number of carboxylic acid groups (broad SMARTS) is 1. The van der Waals surface area contributed by atoms with Crippen molar-refractivity contribution in [2.24, 2.45) is 0 Å². The molecule has 0 aliphatic heterocycles. The Bertz CT molecular complexity index is 758. The number of aliphatic carboxylic acids is 1. The van der Waals surface area contributed by atoms with Crippen LogP contribution in [0.1, 0.15) is 16.8 Å². The van der Waals surface area contributed by atoms with Gasteiger partial charge in [-0.3, -0.25) is 13.8 Å².